The number of halogens is 1. The lowest BCUT2D eigenvalue weighted by molar-refractivity contribution is -0.136. The van der Waals surface area contributed by atoms with Gasteiger partial charge in [0.05, 0.1) is 33.6 Å². The van der Waals surface area contributed by atoms with E-state index in [0.717, 1.165) is 139 Å². The van der Waals surface area contributed by atoms with Crippen LogP contribution < -0.4 is 25.3 Å². The summed E-state index contributed by atoms with van der Waals surface area (Å²) in [5, 5.41) is 14.9. The first-order valence-corrected chi connectivity index (χ1v) is 23.0. The standard InChI is InChI=1S/C47H55ClN10O5/c48-40-26-36(2-1-34(40)27-49)56-19-13-33(14-20-56)44(60)51-42-7-4-37(28-50-42)57-17-11-32(12-18-57)30-54-23-21-53(22-24-54)29-31-9-15-55(16-10-31)35-3-5-38-39(25-35)47(63)58(46(38)62)41-6-8-43(59)52-45(41)61/h1-5,7,25-26,28,31-33,41H,6,8-24,29-30H2,(H,50,51,60)(H,52,59,61). The van der Waals surface area contributed by atoms with Crippen LogP contribution in [-0.2, 0) is 14.4 Å². The van der Waals surface area contributed by atoms with Crippen molar-refractivity contribution in [3.8, 4) is 6.07 Å². The molecule has 15 nitrogen and oxygen atoms in total. The third-order valence-electron chi connectivity index (χ3n) is 14.2. The number of piperidine rings is 4. The highest BCUT2D eigenvalue weighted by Gasteiger charge is 2.45. The van der Waals surface area contributed by atoms with Gasteiger partial charge in [-0.2, -0.15) is 5.26 Å². The van der Waals surface area contributed by atoms with Gasteiger partial charge in [0.2, 0.25) is 17.7 Å². The molecular formula is C47H55ClN10O5. The molecule has 5 saturated heterocycles. The van der Waals surface area contributed by atoms with Crippen molar-refractivity contribution < 1.29 is 24.0 Å². The lowest BCUT2D eigenvalue weighted by Gasteiger charge is -2.41. The average Bonchev–Trinajstić information content (AvgIpc) is 3.55. The van der Waals surface area contributed by atoms with Crippen LogP contribution in [0, 0.1) is 29.1 Å². The van der Waals surface area contributed by atoms with Crippen molar-refractivity contribution in [3.05, 3.63) is 76.4 Å². The molecule has 5 amide bonds. The van der Waals surface area contributed by atoms with Gasteiger partial charge in [0.25, 0.3) is 11.8 Å². The topological polar surface area (TPSA) is 166 Å². The van der Waals surface area contributed by atoms with Crippen molar-refractivity contribution in [1.82, 2.24) is 25.0 Å². The molecule has 16 heteroatoms. The number of carbonyl (C=O) groups excluding carboxylic acids is 5. The third kappa shape index (κ3) is 9.39. The average molecular weight is 875 g/mol. The Bertz CT molecular complexity index is 2270. The highest BCUT2D eigenvalue weighted by Crippen LogP contribution is 2.33. The van der Waals surface area contributed by atoms with Gasteiger partial charge >= 0.3 is 0 Å². The number of hydrogen-bond acceptors (Lipinski definition) is 12. The molecule has 2 N–H and O–H groups in total. The zero-order valence-electron chi connectivity index (χ0n) is 35.6. The van der Waals surface area contributed by atoms with Crippen LogP contribution >= 0.6 is 11.6 Å². The molecule has 0 spiro atoms. The maximum Gasteiger partial charge on any atom is 0.262 e. The van der Waals surface area contributed by atoms with E-state index in [2.05, 4.69) is 52.3 Å². The number of nitriles is 1. The molecule has 5 fully saturated rings. The minimum atomic E-state index is -0.959. The van der Waals surface area contributed by atoms with Crippen LogP contribution in [0.25, 0.3) is 0 Å². The highest BCUT2D eigenvalue weighted by atomic mass is 35.5. The Labute approximate surface area is 373 Å². The van der Waals surface area contributed by atoms with Crippen molar-refractivity contribution in [2.45, 2.75) is 57.4 Å². The molecule has 6 aliphatic heterocycles. The molecule has 1 aromatic heterocycles. The van der Waals surface area contributed by atoms with Crippen LogP contribution in [0.2, 0.25) is 5.02 Å². The second-order valence-electron chi connectivity index (χ2n) is 18.1. The van der Waals surface area contributed by atoms with Gasteiger partial charge in [-0.1, -0.05) is 11.6 Å². The maximum absolute atomic E-state index is 13.4. The van der Waals surface area contributed by atoms with Crippen molar-refractivity contribution in [2.24, 2.45) is 17.8 Å². The van der Waals surface area contributed by atoms with Gasteiger partial charge in [-0.3, -0.25) is 34.2 Å². The Morgan fingerprint density at radius 1 is 0.698 bits per heavy atom. The smallest absolute Gasteiger partial charge is 0.262 e. The number of nitrogens with one attached hydrogen (secondary N) is 2. The first-order valence-electron chi connectivity index (χ1n) is 22.6. The van der Waals surface area contributed by atoms with E-state index in [4.69, 9.17) is 16.9 Å². The molecule has 7 heterocycles. The van der Waals surface area contributed by atoms with Crippen molar-refractivity contribution in [1.29, 1.82) is 5.26 Å². The SMILES string of the molecule is N#Cc1ccc(N2CCC(C(=O)Nc3ccc(N4CCC(CN5CCN(CC6CCN(c7ccc8c(c7)C(=O)N(C7CCC(=O)NC7=O)C8=O)CC6)CC5)CC4)cn3)CC2)cc1Cl. The Morgan fingerprint density at radius 2 is 1.25 bits per heavy atom. The molecule has 330 valence electrons. The van der Waals surface area contributed by atoms with Crippen LogP contribution in [0.4, 0.5) is 22.9 Å². The number of benzene rings is 2. The number of imide groups is 2. The van der Waals surface area contributed by atoms with Gasteiger partial charge in [-0.15, -0.1) is 0 Å². The Balaban J connectivity index is 0.660. The monoisotopic (exact) mass is 874 g/mol. The normalized spacial score (nSPS) is 22.3. The number of hydrogen-bond donors (Lipinski definition) is 2. The fourth-order valence-electron chi connectivity index (χ4n) is 10.4. The summed E-state index contributed by atoms with van der Waals surface area (Å²) in [4.78, 5) is 81.5. The van der Waals surface area contributed by atoms with E-state index in [0.29, 0.717) is 39.4 Å². The van der Waals surface area contributed by atoms with E-state index in [1.807, 2.05) is 30.5 Å². The largest absolute Gasteiger partial charge is 0.371 e. The van der Waals surface area contributed by atoms with Gasteiger partial charge in [-0.25, -0.2) is 4.98 Å². The first kappa shape index (κ1) is 42.7. The first-order chi connectivity index (χ1) is 30.6. The molecule has 6 aliphatic rings. The minimum Gasteiger partial charge on any atom is -0.371 e. The zero-order chi connectivity index (χ0) is 43.6. The number of nitrogens with zero attached hydrogens (tertiary/aromatic N) is 8. The Hall–Kier alpha value is -5.56. The van der Waals surface area contributed by atoms with Gasteiger partial charge < -0.3 is 29.8 Å². The van der Waals surface area contributed by atoms with Gasteiger partial charge in [0.1, 0.15) is 17.9 Å². The fraction of sp³-hybridized carbons (Fsp3) is 0.511. The van der Waals surface area contributed by atoms with E-state index in [-0.39, 0.29) is 30.6 Å². The molecular weight excluding hydrogens is 820 g/mol. The number of carbonyl (C=O) groups is 5. The summed E-state index contributed by atoms with van der Waals surface area (Å²) in [6, 6.07) is 16.0. The Kier molecular flexibility index (Phi) is 12.6. The van der Waals surface area contributed by atoms with Crippen molar-refractivity contribution in [3.63, 3.8) is 0 Å². The van der Waals surface area contributed by atoms with E-state index in [9.17, 15) is 24.0 Å². The van der Waals surface area contributed by atoms with Gasteiger partial charge in [-0.05, 0) is 105 Å². The number of rotatable bonds is 10. The van der Waals surface area contributed by atoms with Crippen LogP contribution in [0.5, 0.6) is 0 Å². The number of amides is 5. The highest BCUT2D eigenvalue weighted by molar-refractivity contribution is 6.32. The molecule has 63 heavy (non-hydrogen) atoms. The predicted octanol–water partition coefficient (Wildman–Crippen LogP) is 4.61. The maximum atomic E-state index is 13.4. The summed E-state index contributed by atoms with van der Waals surface area (Å²) >= 11 is 6.25. The van der Waals surface area contributed by atoms with Crippen LogP contribution in [0.1, 0.15) is 77.6 Å². The predicted molar refractivity (Wildman–Crippen MR) is 240 cm³/mol. The summed E-state index contributed by atoms with van der Waals surface area (Å²) in [5.74, 6) is -0.112. The van der Waals surface area contributed by atoms with Crippen molar-refractivity contribution >= 4 is 64.0 Å². The van der Waals surface area contributed by atoms with E-state index in [1.165, 1.54) is 0 Å². The van der Waals surface area contributed by atoms with Crippen molar-refractivity contribution in [2.75, 3.05) is 98.6 Å². The number of pyridine rings is 1. The number of anilines is 4. The molecule has 0 bridgehead atoms. The summed E-state index contributed by atoms with van der Waals surface area (Å²) in [6.07, 6.45) is 8.04. The number of piperazine rings is 1. The molecule has 2 aromatic carbocycles. The summed E-state index contributed by atoms with van der Waals surface area (Å²) in [6.45, 7) is 11.9. The quantitative estimate of drug-likeness (QED) is 0.272. The molecule has 0 aliphatic carbocycles. The lowest BCUT2D eigenvalue weighted by Crippen LogP contribution is -2.54. The van der Waals surface area contributed by atoms with Gasteiger partial charge in [0, 0.05) is 102 Å². The molecule has 0 saturated carbocycles. The van der Waals surface area contributed by atoms with Crippen LogP contribution in [0.3, 0.4) is 0 Å². The van der Waals surface area contributed by atoms with Crippen LogP contribution in [-0.4, -0.2) is 134 Å². The molecule has 1 atom stereocenters. The second kappa shape index (κ2) is 18.7. The minimum absolute atomic E-state index is 0.00711. The van der Waals surface area contributed by atoms with Gasteiger partial charge in [0.15, 0.2) is 0 Å². The molecule has 1 unspecified atom stereocenters. The van der Waals surface area contributed by atoms with E-state index < -0.39 is 23.8 Å². The lowest BCUT2D eigenvalue weighted by atomic mass is 9.94. The van der Waals surface area contributed by atoms with E-state index in [1.54, 1.807) is 18.2 Å². The summed E-state index contributed by atoms with van der Waals surface area (Å²) in [7, 11) is 0. The van der Waals surface area contributed by atoms with Crippen LogP contribution in [0.15, 0.2) is 54.7 Å². The summed E-state index contributed by atoms with van der Waals surface area (Å²) < 4.78 is 0. The molecule has 3 aromatic rings. The third-order valence-corrected chi connectivity index (χ3v) is 14.5. The molecule has 0 radical (unpaired) electrons. The van der Waals surface area contributed by atoms with E-state index >= 15 is 0 Å². The Morgan fingerprint density at radius 3 is 1.83 bits per heavy atom. The summed E-state index contributed by atoms with van der Waals surface area (Å²) in [5.41, 5.74) is 4.10. The number of aromatic nitrogens is 1. The zero-order valence-corrected chi connectivity index (χ0v) is 36.4. The second-order valence-corrected chi connectivity index (χ2v) is 18.5. The number of fused-ring (bicyclic) bond motifs is 1. The molecule has 9 rings (SSSR count). The fourth-order valence-corrected chi connectivity index (χ4v) is 10.6.